The fourth-order valence-corrected chi connectivity index (χ4v) is 3.31. The van der Waals surface area contributed by atoms with Crippen LogP contribution in [0.5, 0.6) is 0 Å². The first-order valence-electron chi connectivity index (χ1n) is 9.02. The van der Waals surface area contributed by atoms with Crippen LogP contribution >= 0.6 is 0 Å². The molecule has 2 aromatic heterocycles. The van der Waals surface area contributed by atoms with Gasteiger partial charge < -0.3 is 11.5 Å². The van der Waals surface area contributed by atoms with Crippen LogP contribution in [-0.2, 0) is 25.7 Å². The number of anilines is 2. The first kappa shape index (κ1) is 17.9. The highest BCUT2D eigenvalue weighted by Crippen LogP contribution is 2.15. The Morgan fingerprint density at radius 3 is 2.08 bits per heavy atom. The third kappa shape index (κ3) is 5.06. The summed E-state index contributed by atoms with van der Waals surface area (Å²) in [6, 6.07) is 16.9. The topological polar surface area (TPSA) is 77.8 Å². The monoisotopic (exact) mass is 348 g/mol. The van der Waals surface area contributed by atoms with Gasteiger partial charge in [-0.25, -0.2) is 9.97 Å². The highest BCUT2D eigenvalue weighted by molar-refractivity contribution is 5.36. The first-order chi connectivity index (χ1) is 12.5. The van der Waals surface area contributed by atoms with E-state index in [0.717, 1.165) is 42.6 Å². The Labute approximate surface area is 156 Å². The number of nitrogens with two attached hydrogens (primary N) is 2. The summed E-state index contributed by atoms with van der Waals surface area (Å²) in [7, 11) is 0. The zero-order valence-electron chi connectivity index (χ0n) is 15.5. The number of aromatic nitrogens is 2. The van der Waals surface area contributed by atoms with Crippen LogP contribution in [-0.4, -0.2) is 9.97 Å². The molecule has 0 aliphatic rings. The number of pyridine rings is 2. The summed E-state index contributed by atoms with van der Waals surface area (Å²) < 4.78 is 0. The molecule has 0 saturated carbocycles. The molecule has 3 rings (SSSR count). The summed E-state index contributed by atoms with van der Waals surface area (Å²) in [6.07, 6.45) is 3.82. The van der Waals surface area contributed by atoms with Gasteiger partial charge in [-0.1, -0.05) is 24.3 Å². The van der Waals surface area contributed by atoms with Gasteiger partial charge in [0.25, 0.3) is 0 Å². The number of nitrogens with zero attached hydrogens (tertiary/aromatic N) is 2. The van der Waals surface area contributed by atoms with Gasteiger partial charge in [-0.15, -0.1) is 0 Å². The summed E-state index contributed by atoms with van der Waals surface area (Å²) in [5, 5.41) is 0. The zero-order chi connectivity index (χ0) is 18.5. The SMILES string of the molecule is Cc1cc(N)nc(CCc2cccc(CCc3cc(C)nc(N)c3)c2)c1.[HH]. The lowest BCUT2D eigenvalue weighted by Crippen LogP contribution is -2.00. The fraction of sp³-hybridized carbons (Fsp3) is 0.273. The molecule has 0 spiro atoms. The van der Waals surface area contributed by atoms with E-state index >= 15 is 0 Å². The highest BCUT2D eigenvalue weighted by atomic mass is 14.8. The predicted octanol–water partition coefficient (Wildman–Crippen LogP) is 4.07. The molecule has 3 aromatic rings. The maximum absolute atomic E-state index is 5.84. The van der Waals surface area contributed by atoms with Gasteiger partial charge in [0.2, 0.25) is 0 Å². The molecule has 0 radical (unpaired) electrons. The Bertz CT molecular complexity index is 797. The van der Waals surface area contributed by atoms with Crippen LogP contribution in [0.2, 0.25) is 0 Å². The third-order valence-corrected chi connectivity index (χ3v) is 4.44. The van der Waals surface area contributed by atoms with Crippen molar-refractivity contribution in [2.75, 3.05) is 11.5 Å². The molecular weight excluding hydrogens is 320 g/mol. The minimum Gasteiger partial charge on any atom is -0.384 e. The molecule has 0 amide bonds. The quantitative estimate of drug-likeness (QED) is 0.704. The van der Waals surface area contributed by atoms with Crippen LogP contribution < -0.4 is 11.5 Å². The molecule has 0 aliphatic carbocycles. The molecule has 1 aromatic carbocycles. The Balaban J connectivity index is 0.00000261. The Kier molecular flexibility index (Phi) is 5.52. The number of rotatable bonds is 6. The minimum absolute atomic E-state index is 0. The van der Waals surface area contributed by atoms with Gasteiger partial charge in [0, 0.05) is 12.8 Å². The average Bonchev–Trinajstić information content (AvgIpc) is 2.57. The van der Waals surface area contributed by atoms with E-state index < -0.39 is 0 Å². The average molecular weight is 348 g/mol. The second kappa shape index (κ2) is 8.00. The number of hydrogen-bond donors (Lipinski definition) is 2. The number of benzene rings is 1. The van der Waals surface area contributed by atoms with Crippen molar-refractivity contribution in [1.29, 1.82) is 0 Å². The van der Waals surface area contributed by atoms with E-state index in [1.165, 1.54) is 16.7 Å². The van der Waals surface area contributed by atoms with Crippen LogP contribution in [0.4, 0.5) is 11.6 Å². The van der Waals surface area contributed by atoms with E-state index in [9.17, 15) is 0 Å². The predicted molar refractivity (Wildman–Crippen MR) is 110 cm³/mol. The first-order valence-corrected chi connectivity index (χ1v) is 9.02. The van der Waals surface area contributed by atoms with E-state index in [1.807, 2.05) is 19.1 Å². The van der Waals surface area contributed by atoms with Crippen molar-refractivity contribution in [2.45, 2.75) is 39.5 Å². The van der Waals surface area contributed by atoms with Crippen LogP contribution in [0, 0.1) is 13.8 Å². The second-order valence-electron chi connectivity index (χ2n) is 6.92. The summed E-state index contributed by atoms with van der Waals surface area (Å²) in [5.41, 5.74) is 18.8. The fourth-order valence-electron chi connectivity index (χ4n) is 3.31. The maximum Gasteiger partial charge on any atom is 0.123 e. The maximum atomic E-state index is 5.84. The largest absolute Gasteiger partial charge is 0.384 e. The van der Waals surface area contributed by atoms with Crippen LogP contribution in [0.25, 0.3) is 0 Å². The number of nitrogen functional groups attached to an aromatic ring is 2. The van der Waals surface area contributed by atoms with E-state index in [-0.39, 0.29) is 1.43 Å². The van der Waals surface area contributed by atoms with E-state index in [1.54, 1.807) is 0 Å². The van der Waals surface area contributed by atoms with Gasteiger partial charge in [-0.3, -0.25) is 0 Å². The van der Waals surface area contributed by atoms with Crippen molar-refractivity contribution in [3.63, 3.8) is 0 Å². The summed E-state index contributed by atoms with van der Waals surface area (Å²) in [6.45, 7) is 4.03. The smallest absolute Gasteiger partial charge is 0.123 e. The Morgan fingerprint density at radius 2 is 1.38 bits per heavy atom. The molecule has 26 heavy (non-hydrogen) atoms. The van der Waals surface area contributed by atoms with E-state index in [4.69, 9.17) is 11.5 Å². The molecule has 2 heterocycles. The van der Waals surface area contributed by atoms with E-state index in [0.29, 0.717) is 11.6 Å². The molecule has 4 heteroatoms. The van der Waals surface area contributed by atoms with Gasteiger partial charge in [-0.2, -0.15) is 0 Å². The van der Waals surface area contributed by atoms with Gasteiger partial charge in [0.1, 0.15) is 11.6 Å². The molecule has 0 saturated heterocycles. The molecule has 0 atom stereocenters. The van der Waals surface area contributed by atoms with Crippen molar-refractivity contribution in [1.82, 2.24) is 9.97 Å². The van der Waals surface area contributed by atoms with Gasteiger partial charge >= 0.3 is 0 Å². The molecule has 136 valence electrons. The van der Waals surface area contributed by atoms with Gasteiger partial charge in [0.05, 0.1) is 0 Å². The minimum atomic E-state index is 0. The van der Waals surface area contributed by atoms with Crippen LogP contribution in [0.15, 0.2) is 48.5 Å². The second-order valence-corrected chi connectivity index (χ2v) is 6.92. The molecule has 0 bridgehead atoms. The number of aryl methyl sites for hydroxylation is 6. The van der Waals surface area contributed by atoms with Crippen molar-refractivity contribution < 1.29 is 1.43 Å². The van der Waals surface area contributed by atoms with Crippen molar-refractivity contribution in [2.24, 2.45) is 0 Å². The lowest BCUT2D eigenvalue weighted by molar-refractivity contribution is 0.901. The standard InChI is InChI=1S/C22H26N4.H2/c1-15-10-20(26-21(23)11-15)9-8-18-5-3-4-17(13-18)6-7-19-12-16(2)25-22(24)14-19;/h3-5,10-14H,6-9H2,1-2H3,(H2,23,26)(H2,24,25);1H. The van der Waals surface area contributed by atoms with Crippen molar-refractivity contribution >= 4 is 11.6 Å². The summed E-state index contributed by atoms with van der Waals surface area (Å²) in [4.78, 5) is 8.66. The third-order valence-electron chi connectivity index (χ3n) is 4.44. The normalized spacial score (nSPS) is 10.8. The molecule has 0 aliphatic heterocycles. The lowest BCUT2D eigenvalue weighted by atomic mass is 10.00. The Morgan fingerprint density at radius 1 is 0.731 bits per heavy atom. The lowest BCUT2D eigenvalue weighted by Gasteiger charge is -2.08. The number of hydrogen-bond acceptors (Lipinski definition) is 4. The molecule has 0 unspecified atom stereocenters. The highest BCUT2D eigenvalue weighted by Gasteiger charge is 2.03. The van der Waals surface area contributed by atoms with Crippen molar-refractivity contribution in [3.8, 4) is 0 Å². The van der Waals surface area contributed by atoms with Gasteiger partial charge in [0.15, 0.2) is 0 Å². The van der Waals surface area contributed by atoms with Crippen molar-refractivity contribution in [3.05, 3.63) is 82.2 Å². The van der Waals surface area contributed by atoms with Crippen LogP contribution in [0.3, 0.4) is 0 Å². The summed E-state index contributed by atoms with van der Waals surface area (Å²) in [5.74, 6) is 1.19. The molecular formula is C22H28N4. The molecule has 0 fully saturated rings. The molecule has 4 N–H and O–H groups in total. The van der Waals surface area contributed by atoms with Gasteiger partial charge in [-0.05, 0) is 86.1 Å². The Hall–Kier alpha value is -2.88. The molecule has 4 nitrogen and oxygen atoms in total. The summed E-state index contributed by atoms with van der Waals surface area (Å²) >= 11 is 0. The van der Waals surface area contributed by atoms with Crippen LogP contribution in [0.1, 0.15) is 35.1 Å². The van der Waals surface area contributed by atoms with E-state index in [2.05, 4.69) is 53.3 Å². The zero-order valence-corrected chi connectivity index (χ0v) is 15.5.